The molecule has 0 unspecified atom stereocenters. The molecule has 0 aromatic heterocycles. The Bertz CT molecular complexity index is 621. The van der Waals surface area contributed by atoms with Gasteiger partial charge in [0.05, 0.1) is 11.0 Å². The Morgan fingerprint density at radius 2 is 2.00 bits per heavy atom. The van der Waals surface area contributed by atoms with E-state index in [9.17, 15) is 13.5 Å². The van der Waals surface area contributed by atoms with Gasteiger partial charge in [-0.05, 0) is 31.4 Å². The van der Waals surface area contributed by atoms with Crippen molar-refractivity contribution in [3.63, 3.8) is 0 Å². The van der Waals surface area contributed by atoms with Gasteiger partial charge in [-0.1, -0.05) is 24.4 Å². The van der Waals surface area contributed by atoms with Crippen LogP contribution >= 0.6 is 12.2 Å². The van der Waals surface area contributed by atoms with Gasteiger partial charge in [-0.15, -0.1) is 0 Å². The molecule has 1 aliphatic heterocycles. The molecule has 5 nitrogen and oxygen atoms in total. The second-order valence-electron chi connectivity index (χ2n) is 4.98. The lowest BCUT2D eigenvalue weighted by molar-refractivity contribution is 0.113. The van der Waals surface area contributed by atoms with E-state index in [1.165, 1.54) is 10.4 Å². The van der Waals surface area contributed by atoms with Gasteiger partial charge in [0.15, 0.2) is 0 Å². The average molecular weight is 314 g/mol. The van der Waals surface area contributed by atoms with E-state index in [-0.39, 0.29) is 9.88 Å². The SMILES string of the molecule is Cc1ccc(C(N)=S)cc1S(=O)(=O)N1CCC(O)CC1. The molecule has 1 aliphatic rings. The molecule has 0 bridgehead atoms. The summed E-state index contributed by atoms with van der Waals surface area (Å²) >= 11 is 4.90. The van der Waals surface area contributed by atoms with Gasteiger partial charge >= 0.3 is 0 Å². The highest BCUT2D eigenvalue weighted by molar-refractivity contribution is 7.89. The Morgan fingerprint density at radius 3 is 2.55 bits per heavy atom. The number of aliphatic hydroxyl groups is 1. The van der Waals surface area contributed by atoms with Crippen LogP contribution in [-0.4, -0.2) is 42.0 Å². The first-order chi connectivity index (χ1) is 9.32. The molecule has 0 spiro atoms. The van der Waals surface area contributed by atoms with Gasteiger partial charge in [-0.3, -0.25) is 0 Å². The van der Waals surface area contributed by atoms with Gasteiger partial charge < -0.3 is 10.8 Å². The van der Waals surface area contributed by atoms with Gasteiger partial charge in [0.1, 0.15) is 4.99 Å². The van der Waals surface area contributed by atoms with Crippen molar-refractivity contribution in [1.82, 2.24) is 4.31 Å². The monoisotopic (exact) mass is 314 g/mol. The highest BCUT2D eigenvalue weighted by Gasteiger charge is 2.30. The van der Waals surface area contributed by atoms with Crippen LogP contribution in [-0.2, 0) is 10.0 Å². The van der Waals surface area contributed by atoms with E-state index in [0.717, 1.165) is 0 Å². The molecule has 3 N–H and O–H groups in total. The number of rotatable bonds is 3. The summed E-state index contributed by atoms with van der Waals surface area (Å²) in [5.74, 6) is 0. The molecule has 20 heavy (non-hydrogen) atoms. The summed E-state index contributed by atoms with van der Waals surface area (Å²) in [4.78, 5) is 0.412. The Hall–Kier alpha value is -1.02. The topological polar surface area (TPSA) is 83.6 Å². The molecular weight excluding hydrogens is 296 g/mol. The maximum atomic E-state index is 12.6. The summed E-state index contributed by atoms with van der Waals surface area (Å²) in [5.41, 5.74) is 6.77. The van der Waals surface area contributed by atoms with E-state index in [2.05, 4.69) is 0 Å². The normalized spacial score (nSPS) is 18.1. The summed E-state index contributed by atoms with van der Waals surface area (Å²) in [6.45, 7) is 2.41. The second-order valence-corrected chi connectivity index (χ2v) is 7.33. The second kappa shape index (κ2) is 5.77. The predicted molar refractivity (Wildman–Crippen MR) is 81.1 cm³/mol. The number of aliphatic hydroxyl groups excluding tert-OH is 1. The summed E-state index contributed by atoms with van der Waals surface area (Å²) in [5, 5.41) is 9.48. The fraction of sp³-hybridized carbons (Fsp3) is 0.462. The lowest BCUT2D eigenvalue weighted by atomic mass is 10.1. The third-order valence-corrected chi connectivity index (χ3v) is 5.79. The van der Waals surface area contributed by atoms with Gasteiger partial charge in [-0.2, -0.15) is 4.31 Å². The number of hydrogen-bond donors (Lipinski definition) is 2. The summed E-state index contributed by atoms with van der Waals surface area (Å²) < 4.78 is 26.7. The Morgan fingerprint density at radius 1 is 1.40 bits per heavy atom. The summed E-state index contributed by atoms with van der Waals surface area (Å²) in [6.07, 6.45) is 0.520. The fourth-order valence-electron chi connectivity index (χ4n) is 2.25. The zero-order valence-electron chi connectivity index (χ0n) is 11.2. The van der Waals surface area contributed by atoms with Crippen molar-refractivity contribution in [3.05, 3.63) is 29.3 Å². The molecule has 110 valence electrons. The third-order valence-electron chi connectivity index (χ3n) is 3.51. The molecule has 1 heterocycles. The van der Waals surface area contributed by atoms with Crippen LogP contribution in [0.25, 0.3) is 0 Å². The number of aryl methyl sites for hydroxylation is 1. The zero-order valence-corrected chi connectivity index (χ0v) is 12.9. The van der Waals surface area contributed by atoms with E-state index in [4.69, 9.17) is 18.0 Å². The van der Waals surface area contributed by atoms with E-state index < -0.39 is 16.1 Å². The largest absolute Gasteiger partial charge is 0.393 e. The van der Waals surface area contributed by atoms with E-state index in [1.807, 2.05) is 0 Å². The molecule has 7 heteroatoms. The van der Waals surface area contributed by atoms with Crippen molar-refractivity contribution in [2.24, 2.45) is 5.73 Å². The number of nitrogens with zero attached hydrogens (tertiary/aromatic N) is 1. The Balaban J connectivity index is 2.38. The predicted octanol–water partition coefficient (Wildman–Crippen LogP) is 0.775. The van der Waals surface area contributed by atoms with Gasteiger partial charge in [0, 0.05) is 18.7 Å². The minimum Gasteiger partial charge on any atom is -0.393 e. The highest BCUT2D eigenvalue weighted by Crippen LogP contribution is 2.24. The Labute approximate surface area is 124 Å². The van der Waals surface area contributed by atoms with Crippen LogP contribution in [0.15, 0.2) is 23.1 Å². The van der Waals surface area contributed by atoms with Crippen molar-refractivity contribution in [2.75, 3.05) is 13.1 Å². The molecule has 1 saturated heterocycles. The van der Waals surface area contributed by atoms with Gasteiger partial charge in [-0.25, -0.2) is 8.42 Å². The molecular formula is C13H18N2O3S2. The van der Waals surface area contributed by atoms with Crippen LogP contribution in [0.1, 0.15) is 24.0 Å². The first-order valence-electron chi connectivity index (χ1n) is 6.41. The van der Waals surface area contributed by atoms with E-state index in [1.54, 1.807) is 19.1 Å². The molecule has 0 amide bonds. The van der Waals surface area contributed by atoms with Crippen molar-refractivity contribution in [3.8, 4) is 0 Å². The van der Waals surface area contributed by atoms with Crippen LogP contribution in [0.5, 0.6) is 0 Å². The van der Waals surface area contributed by atoms with Crippen LogP contribution in [0, 0.1) is 6.92 Å². The zero-order chi connectivity index (χ0) is 14.9. The van der Waals surface area contributed by atoms with Crippen LogP contribution in [0.3, 0.4) is 0 Å². The number of benzene rings is 1. The van der Waals surface area contributed by atoms with Crippen molar-refractivity contribution < 1.29 is 13.5 Å². The fourth-order valence-corrected chi connectivity index (χ4v) is 4.10. The molecule has 1 aromatic carbocycles. The molecule has 2 rings (SSSR count). The molecule has 0 saturated carbocycles. The maximum absolute atomic E-state index is 12.6. The molecule has 0 aliphatic carbocycles. The lowest BCUT2D eigenvalue weighted by Crippen LogP contribution is -2.40. The minimum absolute atomic E-state index is 0.176. The number of sulfonamides is 1. The number of thiocarbonyl (C=S) groups is 1. The first-order valence-corrected chi connectivity index (χ1v) is 8.26. The summed E-state index contributed by atoms with van der Waals surface area (Å²) in [7, 11) is -3.57. The number of hydrogen-bond acceptors (Lipinski definition) is 4. The van der Waals surface area contributed by atoms with E-state index >= 15 is 0 Å². The highest BCUT2D eigenvalue weighted by atomic mass is 32.2. The number of nitrogens with two attached hydrogens (primary N) is 1. The summed E-state index contributed by atoms with van der Waals surface area (Å²) in [6, 6.07) is 4.95. The smallest absolute Gasteiger partial charge is 0.243 e. The van der Waals surface area contributed by atoms with Crippen molar-refractivity contribution >= 4 is 27.2 Å². The van der Waals surface area contributed by atoms with Gasteiger partial charge in [0.2, 0.25) is 10.0 Å². The van der Waals surface area contributed by atoms with Crippen molar-refractivity contribution in [2.45, 2.75) is 30.8 Å². The van der Waals surface area contributed by atoms with Crippen LogP contribution in [0.2, 0.25) is 0 Å². The van der Waals surface area contributed by atoms with E-state index in [0.29, 0.717) is 37.1 Å². The molecule has 0 atom stereocenters. The minimum atomic E-state index is -3.57. The van der Waals surface area contributed by atoms with Crippen LogP contribution in [0.4, 0.5) is 0 Å². The molecule has 1 fully saturated rings. The molecule has 0 radical (unpaired) electrons. The lowest BCUT2D eigenvalue weighted by Gasteiger charge is -2.29. The molecule has 1 aromatic rings. The van der Waals surface area contributed by atoms with Gasteiger partial charge in [0.25, 0.3) is 0 Å². The van der Waals surface area contributed by atoms with Crippen LogP contribution < -0.4 is 5.73 Å². The average Bonchev–Trinajstić information content (AvgIpc) is 2.39. The first kappa shape index (κ1) is 15.4. The maximum Gasteiger partial charge on any atom is 0.243 e. The number of piperidine rings is 1. The quantitative estimate of drug-likeness (QED) is 0.805. The van der Waals surface area contributed by atoms with Crippen molar-refractivity contribution in [1.29, 1.82) is 0 Å². The standard InChI is InChI=1S/C13H18N2O3S2/c1-9-2-3-10(13(14)19)8-12(9)20(17,18)15-6-4-11(16)5-7-15/h2-3,8,11,16H,4-7H2,1H3,(H2,14,19). The third kappa shape index (κ3) is 3.01. The Kier molecular flexibility index (Phi) is 4.43.